The van der Waals surface area contributed by atoms with E-state index in [0.29, 0.717) is 104 Å². The fourth-order valence-electron chi connectivity index (χ4n) is 15.2. The minimum absolute atomic E-state index is 0.344. The molecule has 14 aromatic carbocycles. The molecule has 0 saturated heterocycles. The van der Waals surface area contributed by atoms with Crippen molar-refractivity contribution in [2.75, 3.05) is 0 Å². The Morgan fingerprint density at radius 1 is 0.209 bits per heavy atom. The van der Waals surface area contributed by atoms with Gasteiger partial charge in [0.15, 0.2) is 81.3 Å². The maximum absolute atomic E-state index is 9.25. The second kappa shape index (κ2) is 28.9. The Morgan fingerprint density at radius 3 is 0.635 bits per heavy atom. The molecule has 20 aromatic rings. The van der Waals surface area contributed by atoms with Gasteiger partial charge in [-0.3, -0.25) is 0 Å². The molecule has 16 heteroatoms. The lowest BCUT2D eigenvalue weighted by Gasteiger charge is -2.23. The van der Waals surface area contributed by atoms with Gasteiger partial charge in [-0.25, -0.2) is 69.5 Å². The standard InChI is InChI=1S/C99H60N16/c1-61-29-28-46-79(101-3)86(61)87-84(114-80-51-47-70(96-106-88(62-30-12-4-13-31-62)102-89(107-96)63-32-14-5-15-33-63)55-75(80)76-56-71(48-52-81(76)114)97-108-90(64-34-16-6-17-35-64)103-91(109-97)65-36-18-7-19-37-65)59-74(100-2)60-85(87)115-82-53-49-72(98-110-92(66-38-20-8-21-39-66)104-93(111-98)67-40-22-9-23-41-67)57-77(82)78-58-73(50-54-83(78)115)99-112-94(68-42-24-10-25-43-68)105-95(113-99)69-44-26-11-27-45-69/h4-60H,1H3. The third-order valence-corrected chi connectivity index (χ3v) is 20.7. The average molecular weight is 1470 g/mol. The van der Waals surface area contributed by atoms with Gasteiger partial charge in [0.1, 0.15) is 0 Å². The molecular formula is C99H60N16. The number of aryl methyl sites for hydroxylation is 1. The van der Waals surface area contributed by atoms with Crippen molar-refractivity contribution in [3.05, 3.63) is 374 Å². The molecule has 0 aliphatic rings. The molecule has 0 spiro atoms. The summed E-state index contributed by atoms with van der Waals surface area (Å²) in [7, 11) is 0. The molecule has 6 aromatic heterocycles. The first-order valence-corrected chi connectivity index (χ1v) is 37.5. The summed E-state index contributed by atoms with van der Waals surface area (Å²) in [6.07, 6.45) is 0. The summed E-state index contributed by atoms with van der Waals surface area (Å²) in [6, 6.07) is 115. The molecule has 0 fully saturated rings. The van der Waals surface area contributed by atoms with Gasteiger partial charge in [-0.2, -0.15) is 0 Å². The van der Waals surface area contributed by atoms with Crippen molar-refractivity contribution in [1.82, 2.24) is 68.9 Å². The average Bonchev–Trinajstić information content (AvgIpc) is 1.60. The molecule has 0 saturated carbocycles. The van der Waals surface area contributed by atoms with E-state index < -0.39 is 0 Å². The molecule has 0 radical (unpaired) electrons. The molecule has 0 aliphatic carbocycles. The molecule has 0 N–H and O–H groups in total. The van der Waals surface area contributed by atoms with E-state index in [1.165, 1.54) is 0 Å². The highest BCUT2D eigenvalue weighted by molar-refractivity contribution is 6.15. The highest BCUT2D eigenvalue weighted by Crippen LogP contribution is 2.49. The van der Waals surface area contributed by atoms with E-state index in [-0.39, 0.29) is 0 Å². The summed E-state index contributed by atoms with van der Waals surface area (Å²) in [5.41, 5.74) is 17.0. The molecule has 0 unspecified atom stereocenters. The van der Waals surface area contributed by atoms with Gasteiger partial charge in [-0.1, -0.05) is 266 Å². The molecule has 20 rings (SSSR count). The van der Waals surface area contributed by atoms with Gasteiger partial charge in [0.25, 0.3) is 0 Å². The van der Waals surface area contributed by atoms with Gasteiger partial charge in [0.2, 0.25) is 0 Å². The van der Waals surface area contributed by atoms with Crippen LogP contribution in [0.5, 0.6) is 0 Å². The van der Waals surface area contributed by atoms with Gasteiger partial charge in [-0.15, -0.1) is 0 Å². The van der Waals surface area contributed by atoms with Gasteiger partial charge < -0.3 is 9.13 Å². The smallest absolute Gasteiger partial charge is 0.195 e. The largest absolute Gasteiger partial charge is 0.310 e. The summed E-state index contributed by atoms with van der Waals surface area (Å²) in [6.45, 7) is 20.4. The van der Waals surface area contributed by atoms with Crippen molar-refractivity contribution in [3.8, 4) is 159 Å². The number of benzene rings is 14. The second-order valence-corrected chi connectivity index (χ2v) is 27.8. The number of nitrogens with zero attached hydrogens (tertiary/aromatic N) is 16. The Bertz CT molecular complexity index is 6280. The number of hydrogen-bond acceptors (Lipinski definition) is 12. The normalized spacial score (nSPS) is 11.3. The zero-order valence-corrected chi connectivity index (χ0v) is 61.6. The van der Waals surface area contributed by atoms with Crippen molar-refractivity contribution in [2.45, 2.75) is 6.92 Å². The van der Waals surface area contributed by atoms with E-state index in [2.05, 4.69) is 91.6 Å². The van der Waals surface area contributed by atoms with Crippen LogP contribution < -0.4 is 0 Å². The van der Waals surface area contributed by atoms with Crippen LogP contribution in [0.15, 0.2) is 346 Å². The minimum Gasteiger partial charge on any atom is -0.310 e. The molecule has 536 valence electrons. The zero-order chi connectivity index (χ0) is 76.9. The first kappa shape index (κ1) is 68.0. The Kier molecular flexibility index (Phi) is 17.1. The van der Waals surface area contributed by atoms with Crippen molar-refractivity contribution in [3.63, 3.8) is 0 Å². The number of fused-ring (bicyclic) bond motifs is 6. The molecule has 6 heterocycles. The number of rotatable bonds is 15. The lowest BCUT2D eigenvalue weighted by Crippen LogP contribution is -2.05. The third kappa shape index (κ3) is 12.7. The first-order chi connectivity index (χ1) is 56.8. The SMILES string of the molecule is [C-]#[N+]c1cc(-n2c3ccc(-c4nc(-c5ccccc5)nc(-c5ccccc5)n4)cc3c3cc(-c4nc(-c5ccccc5)nc(-c5ccccc5)n4)ccc32)c(-c2c(C)cccc2[N+]#[C-])c(-n2c3ccc(-c4nc(-c5ccccc5)nc(-c5ccccc5)n4)cc3c3cc(-c4nc(-c5ccccc5)nc(-c5ccccc5)n4)ccc32)c1. The van der Waals surface area contributed by atoms with E-state index in [0.717, 1.165) is 116 Å². The van der Waals surface area contributed by atoms with Crippen LogP contribution in [0, 0.1) is 20.1 Å². The van der Waals surface area contributed by atoms with Crippen molar-refractivity contribution in [2.24, 2.45) is 0 Å². The highest BCUT2D eigenvalue weighted by Gasteiger charge is 2.29. The molecular weight excluding hydrogens is 1410 g/mol. The monoisotopic (exact) mass is 1470 g/mol. The van der Waals surface area contributed by atoms with Crippen molar-refractivity contribution >= 4 is 55.0 Å². The summed E-state index contributed by atoms with van der Waals surface area (Å²) in [5, 5.41) is 3.33. The topological polar surface area (TPSA) is 173 Å². The van der Waals surface area contributed by atoms with Crippen LogP contribution in [0.3, 0.4) is 0 Å². The van der Waals surface area contributed by atoms with E-state index in [9.17, 15) is 6.57 Å². The quantitative estimate of drug-likeness (QED) is 0.0890. The maximum Gasteiger partial charge on any atom is 0.195 e. The van der Waals surface area contributed by atoms with E-state index in [4.69, 9.17) is 66.4 Å². The van der Waals surface area contributed by atoms with Gasteiger partial charge >= 0.3 is 0 Å². The van der Waals surface area contributed by atoms with Crippen LogP contribution in [0.4, 0.5) is 11.4 Å². The van der Waals surface area contributed by atoms with E-state index in [1.54, 1.807) is 0 Å². The summed E-state index contributed by atoms with van der Waals surface area (Å²) in [4.78, 5) is 71.1. The van der Waals surface area contributed by atoms with Crippen molar-refractivity contribution < 1.29 is 0 Å². The van der Waals surface area contributed by atoms with Crippen LogP contribution in [-0.2, 0) is 0 Å². The molecule has 0 bridgehead atoms. The van der Waals surface area contributed by atoms with Crippen LogP contribution >= 0.6 is 0 Å². The van der Waals surface area contributed by atoms with Crippen LogP contribution in [-0.4, -0.2) is 68.9 Å². The first-order valence-electron chi connectivity index (χ1n) is 37.5. The Hall–Kier alpha value is -16.3. The predicted molar refractivity (Wildman–Crippen MR) is 457 cm³/mol. The van der Waals surface area contributed by atoms with Gasteiger partial charge in [0.05, 0.1) is 35.2 Å². The summed E-state index contributed by atoms with van der Waals surface area (Å²) >= 11 is 0. The lowest BCUT2D eigenvalue weighted by molar-refractivity contribution is 1.07. The predicted octanol–water partition coefficient (Wildman–Crippen LogP) is 23.7. The fraction of sp³-hybridized carbons (Fsp3) is 0.0101. The molecule has 115 heavy (non-hydrogen) atoms. The third-order valence-electron chi connectivity index (χ3n) is 20.7. The molecule has 0 atom stereocenters. The second-order valence-electron chi connectivity index (χ2n) is 27.8. The Morgan fingerprint density at radius 2 is 0.426 bits per heavy atom. The maximum atomic E-state index is 9.25. The number of aromatic nitrogens is 14. The van der Waals surface area contributed by atoms with Crippen LogP contribution in [0.1, 0.15) is 5.56 Å². The molecule has 0 amide bonds. The van der Waals surface area contributed by atoms with Crippen molar-refractivity contribution in [1.29, 1.82) is 0 Å². The lowest BCUT2D eigenvalue weighted by atomic mass is 9.94. The number of hydrogen-bond donors (Lipinski definition) is 0. The Balaban J connectivity index is 0.872. The minimum atomic E-state index is 0.344. The Labute approximate surface area is 660 Å². The zero-order valence-electron chi connectivity index (χ0n) is 61.6. The van der Waals surface area contributed by atoms with Gasteiger partial charge in [0, 0.05) is 105 Å². The van der Waals surface area contributed by atoms with Crippen LogP contribution in [0.25, 0.3) is 212 Å². The molecule has 0 aliphatic heterocycles. The molecule has 16 nitrogen and oxygen atoms in total. The van der Waals surface area contributed by atoms with E-state index >= 15 is 0 Å². The fourth-order valence-corrected chi connectivity index (χ4v) is 15.2. The summed E-state index contributed by atoms with van der Waals surface area (Å²) < 4.78 is 4.47. The highest BCUT2D eigenvalue weighted by atomic mass is 15.1. The van der Waals surface area contributed by atoms with E-state index in [1.807, 2.05) is 280 Å². The van der Waals surface area contributed by atoms with Crippen LogP contribution in [0.2, 0.25) is 0 Å². The summed E-state index contributed by atoms with van der Waals surface area (Å²) in [5.74, 6) is 6.03. The van der Waals surface area contributed by atoms with Gasteiger partial charge in [-0.05, 0) is 97.4 Å².